The van der Waals surface area contributed by atoms with Crippen molar-refractivity contribution < 1.29 is 14.9 Å². The van der Waals surface area contributed by atoms with Gasteiger partial charge in [-0.15, -0.1) is 0 Å². The Balaban J connectivity index is 2.14. The normalized spacial score (nSPS) is 10.8. The van der Waals surface area contributed by atoms with Crippen molar-refractivity contribution in [2.75, 3.05) is 7.11 Å². The molecule has 0 heterocycles. The Morgan fingerprint density at radius 2 is 1.36 bits per heavy atom. The summed E-state index contributed by atoms with van der Waals surface area (Å²) in [5, 5.41) is 19.6. The van der Waals surface area contributed by atoms with Crippen LogP contribution in [0.25, 0.3) is 0 Å². The molecule has 1 aromatic rings. The van der Waals surface area contributed by atoms with E-state index in [0.717, 1.165) is 18.4 Å². The Hall–Kier alpha value is -1.38. The summed E-state index contributed by atoms with van der Waals surface area (Å²) in [5.74, 6) is 0.662. The summed E-state index contributed by atoms with van der Waals surface area (Å²) in [6.45, 7) is 2.25. The van der Waals surface area contributed by atoms with Gasteiger partial charge in [-0.2, -0.15) is 0 Å². The van der Waals surface area contributed by atoms with Gasteiger partial charge in [0, 0.05) is 11.6 Å². The fraction of sp³-hybridized carbons (Fsp3) is 0.684. The third-order valence-electron chi connectivity index (χ3n) is 4.16. The lowest BCUT2D eigenvalue weighted by atomic mass is 10.0. The minimum absolute atomic E-state index is 0.150. The summed E-state index contributed by atoms with van der Waals surface area (Å²) in [5.41, 5.74) is 0.774. The van der Waals surface area contributed by atoms with Crippen molar-refractivity contribution in [3.8, 4) is 17.2 Å². The van der Waals surface area contributed by atoms with Gasteiger partial charge in [0.25, 0.3) is 0 Å². The summed E-state index contributed by atoms with van der Waals surface area (Å²) >= 11 is 0. The molecule has 3 nitrogen and oxygen atoms in total. The predicted octanol–water partition coefficient (Wildman–Crippen LogP) is 5.57. The lowest BCUT2D eigenvalue weighted by Crippen LogP contribution is -1.91. The molecule has 1 aromatic carbocycles. The Kier molecular flexibility index (Phi) is 9.52. The summed E-state index contributed by atoms with van der Waals surface area (Å²) in [7, 11) is 1.50. The fourth-order valence-corrected chi connectivity index (χ4v) is 2.80. The highest BCUT2D eigenvalue weighted by Gasteiger charge is 2.09. The van der Waals surface area contributed by atoms with Crippen LogP contribution >= 0.6 is 0 Å². The third-order valence-corrected chi connectivity index (χ3v) is 4.16. The molecule has 0 aromatic heterocycles. The van der Waals surface area contributed by atoms with Crippen molar-refractivity contribution >= 4 is 0 Å². The highest BCUT2D eigenvalue weighted by molar-refractivity contribution is 5.50. The molecule has 0 bridgehead atoms. The van der Waals surface area contributed by atoms with Crippen LogP contribution in [0.15, 0.2) is 12.1 Å². The van der Waals surface area contributed by atoms with Gasteiger partial charge < -0.3 is 14.9 Å². The van der Waals surface area contributed by atoms with E-state index < -0.39 is 0 Å². The van der Waals surface area contributed by atoms with E-state index in [9.17, 15) is 10.2 Å². The molecule has 0 aliphatic heterocycles. The molecular weight excluding hydrogens is 276 g/mol. The molecular formula is C19H32O3. The first-order valence-corrected chi connectivity index (χ1v) is 8.77. The predicted molar refractivity (Wildman–Crippen MR) is 91.9 cm³/mol. The first-order chi connectivity index (χ1) is 10.7. The molecule has 2 N–H and O–H groups in total. The van der Waals surface area contributed by atoms with Gasteiger partial charge in [0.2, 0.25) is 0 Å². The van der Waals surface area contributed by atoms with Gasteiger partial charge in [-0.25, -0.2) is 0 Å². The van der Waals surface area contributed by atoms with E-state index in [1.165, 1.54) is 71.0 Å². The van der Waals surface area contributed by atoms with Gasteiger partial charge in [-0.3, -0.25) is 0 Å². The maximum Gasteiger partial charge on any atom is 0.164 e. The number of methoxy groups -OCH3 is 1. The van der Waals surface area contributed by atoms with E-state index in [1.54, 1.807) is 6.07 Å². The van der Waals surface area contributed by atoms with Gasteiger partial charge >= 0.3 is 0 Å². The third kappa shape index (κ3) is 7.06. The smallest absolute Gasteiger partial charge is 0.164 e. The molecule has 0 saturated heterocycles. The highest BCUT2D eigenvalue weighted by Crippen LogP contribution is 2.34. The van der Waals surface area contributed by atoms with Crippen LogP contribution in [0.4, 0.5) is 0 Å². The van der Waals surface area contributed by atoms with Gasteiger partial charge in [-0.1, -0.05) is 64.7 Å². The number of hydrogen-bond donors (Lipinski definition) is 2. The zero-order valence-corrected chi connectivity index (χ0v) is 14.2. The largest absolute Gasteiger partial charge is 0.508 e. The van der Waals surface area contributed by atoms with E-state index >= 15 is 0 Å². The van der Waals surface area contributed by atoms with Crippen molar-refractivity contribution in [1.29, 1.82) is 0 Å². The van der Waals surface area contributed by atoms with Crippen LogP contribution < -0.4 is 4.74 Å². The Morgan fingerprint density at radius 3 is 1.91 bits per heavy atom. The Bertz CT molecular complexity index is 415. The number of phenols is 2. The van der Waals surface area contributed by atoms with Crippen molar-refractivity contribution in [2.45, 2.75) is 77.6 Å². The summed E-state index contributed by atoms with van der Waals surface area (Å²) < 4.78 is 5.06. The highest BCUT2D eigenvalue weighted by atomic mass is 16.5. The first-order valence-electron chi connectivity index (χ1n) is 8.77. The molecule has 0 radical (unpaired) electrons. The van der Waals surface area contributed by atoms with E-state index in [0.29, 0.717) is 5.75 Å². The molecule has 0 atom stereocenters. The maximum atomic E-state index is 10.0. The number of aromatic hydroxyl groups is 2. The molecule has 0 fully saturated rings. The van der Waals surface area contributed by atoms with Gasteiger partial charge in [0.1, 0.15) is 5.75 Å². The average Bonchev–Trinajstić information content (AvgIpc) is 2.52. The first kappa shape index (κ1) is 18.7. The molecule has 1 rings (SSSR count). The second-order valence-electron chi connectivity index (χ2n) is 6.09. The molecule has 3 heteroatoms. The summed E-state index contributed by atoms with van der Waals surface area (Å²) in [4.78, 5) is 0. The van der Waals surface area contributed by atoms with Crippen LogP contribution in [0.1, 0.15) is 76.7 Å². The van der Waals surface area contributed by atoms with Crippen LogP contribution in [0, 0.1) is 0 Å². The molecule has 0 amide bonds. The van der Waals surface area contributed by atoms with Crippen LogP contribution in [0.3, 0.4) is 0 Å². The van der Waals surface area contributed by atoms with E-state index in [4.69, 9.17) is 4.74 Å². The summed E-state index contributed by atoms with van der Waals surface area (Å²) in [6.07, 6.45) is 13.7. The van der Waals surface area contributed by atoms with Crippen LogP contribution in [-0.2, 0) is 6.42 Å². The molecule has 126 valence electrons. The second kappa shape index (κ2) is 11.2. The zero-order valence-electron chi connectivity index (χ0n) is 14.2. The molecule has 0 aliphatic rings. The van der Waals surface area contributed by atoms with Crippen molar-refractivity contribution in [2.24, 2.45) is 0 Å². The standard InChI is InChI=1S/C19H32O3/c1-3-4-5-6-7-8-9-10-11-12-13-16-14-17(20)15-18(22-2)19(16)21/h14-15,20-21H,3-13H2,1-2H3. The maximum absolute atomic E-state index is 10.0. The Morgan fingerprint density at radius 1 is 0.818 bits per heavy atom. The average molecular weight is 308 g/mol. The molecule has 0 unspecified atom stereocenters. The lowest BCUT2D eigenvalue weighted by molar-refractivity contribution is 0.365. The number of phenolic OH excluding ortho intramolecular Hbond substituents is 2. The van der Waals surface area contributed by atoms with Crippen LogP contribution in [0.2, 0.25) is 0 Å². The monoisotopic (exact) mass is 308 g/mol. The quantitative estimate of drug-likeness (QED) is 0.392. The molecule has 0 spiro atoms. The Labute approximate surface area is 135 Å². The lowest BCUT2D eigenvalue weighted by Gasteiger charge is -2.10. The van der Waals surface area contributed by atoms with E-state index in [2.05, 4.69) is 6.92 Å². The van der Waals surface area contributed by atoms with E-state index in [-0.39, 0.29) is 11.5 Å². The number of aryl methyl sites for hydroxylation is 1. The number of hydrogen-bond acceptors (Lipinski definition) is 3. The van der Waals surface area contributed by atoms with Crippen molar-refractivity contribution in [3.63, 3.8) is 0 Å². The van der Waals surface area contributed by atoms with Gasteiger partial charge in [0.15, 0.2) is 11.5 Å². The minimum atomic E-state index is 0.150. The topological polar surface area (TPSA) is 49.7 Å². The van der Waals surface area contributed by atoms with Gasteiger partial charge in [0.05, 0.1) is 7.11 Å². The fourth-order valence-electron chi connectivity index (χ4n) is 2.80. The zero-order chi connectivity index (χ0) is 16.2. The van der Waals surface area contributed by atoms with Crippen molar-refractivity contribution in [1.82, 2.24) is 0 Å². The van der Waals surface area contributed by atoms with Crippen LogP contribution in [0.5, 0.6) is 17.2 Å². The number of ether oxygens (including phenoxy) is 1. The van der Waals surface area contributed by atoms with Crippen LogP contribution in [-0.4, -0.2) is 17.3 Å². The molecule has 22 heavy (non-hydrogen) atoms. The van der Waals surface area contributed by atoms with Crippen molar-refractivity contribution in [3.05, 3.63) is 17.7 Å². The number of benzene rings is 1. The second-order valence-corrected chi connectivity index (χ2v) is 6.09. The molecule has 0 aliphatic carbocycles. The summed E-state index contributed by atoms with van der Waals surface area (Å²) in [6, 6.07) is 3.07. The number of rotatable bonds is 12. The van der Waals surface area contributed by atoms with Gasteiger partial charge in [-0.05, 0) is 18.9 Å². The number of unbranched alkanes of at least 4 members (excludes halogenated alkanes) is 9. The van der Waals surface area contributed by atoms with E-state index in [1.807, 2.05) is 0 Å². The SMILES string of the molecule is CCCCCCCCCCCCc1cc(O)cc(OC)c1O. The minimum Gasteiger partial charge on any atom is -0.508 e. The molecule has 0 saturated carbocycles.